The first-order chi connectivity index (χ1) is 20.4. The van der Waals surface area contributed by atoms with Gasteiger partial charge in [-0.1, -0.05) is 0 Å². The van der Waals surface area contributed by atoms with Crippen LogP contribution in [-0.4, -0.2) is 41.9 Å². The minimum absolute atomic E-state index is 0.223. The summed E-state index contributed by atoms with van der Waals surface area (Å²) in [5.41, 5.74) is 0.833. The summed E-state index contributed by atoms with van der Waals surface area (Å²) in [6.45, 7) is 0. The monoisotopic (exact) mass is 594 g/mol. The van der Waals surface area contributed by atoms with Gasteiger partial charge in [0.2, 0.25) is 5.90 Å². The summed E-state index contributed by atoms with van der Waals surface area (Å²) < 4.78 is 5.53. The summed E-state index contributed by atoms with van der Waals surface area (Å²) >= 11 is 0. The third-order valence-corrected chi connectivity index (χ3v) is 5.71. The maximum atomic E-state index is 11.5. The molecular weight excluding hydrogens is 580 g/mol. The number of hydrogen-bond donors (Lipinski definition) is 3. The molecule has 4 rings (SSSR count). The standard InChI is InChI=1S/C22H14N10O11/c23-22-20(27-25-16-8-6-14(30(37)38)10-18(16)32(41)42)19(21(43-22)11-1-3-12(4-2-11)28(33)34)26-24-15-7-5-13(29(35)36)9-17(15)31(39)40/h1-10,21,23-25H/b23-22?,26-19-,27-20-. The lowest BCUT2D eigenvalue weighted by atomic mass is 10.0. The van der Waals surface area contributed by atoms with Crippen LogP contribution in [0.15, 0.2) is 70.9 Å². The number of hydrazone groups is 2. The number of nitro benzene ring substituents is 5. The van der Waals surface area contributed by atoms with Gasteiger partial charge in [0.05, 0.1) is 36.7 Å². The SMILES string of the molecule is N=C1OC(c2ccc([N+](=O)[O-])cc2)C(=N\Nc2ccc([N+](=O)[O-])cc2[N+](=O)[O-])/C1=N/Nc1ccc([N+](=O)[O-])cc1[N+](=O)[O-]. The molecule has 1 aliphatic rings. The Balaban J connectivity index is 1.78. The molecule has 3 aromatic rings. The molecule has 1 fully saturated rings. The topological polar surface area (TPSA) is 298 Å². The van der Waals surface area contributed by atoms with Crippen molar-refractivity contribution in [3.8, 4) is 0 Å². The van der Waals surface area contributed by atoms with E-state index in [0.29, 0.717) is 12.1 Å². The number of ether oxygens (including phenoxy) is 1. The number of nitro groups is 5. The Kier molecular flexibility index (Phi) is 7.89. The molecule has 218 valence electrons. The zero-order valence-electron chi connectivity index (χ0n) is 21.0. The largest absolute Gasteiger partial charge is 0.461 e. The third-order valence-electron chi connectivity index (χ3n) is 5.71. The van der Waals surface area contributed by atoms with Gasteiger partial charge in [-0.2, -0.15) is 10.2 Å². The van der Waals surface area contributed by atoms with Crippen LogP contribution in [0.1, 0.15) is 11.7 Å². The van der Waals surface area contributed by atoms with Crippen LogP contribution in [-0.2, 0) is 4.74 Å². The van der Waals surface area contributed by atoms with Gasteiger partial charge < -0.3 is 4.74 Å². The van der Waals surface area contributed by atoms with Gasteiger partial charge in [-0.15, -0.1) is 0 Å². The number of benzene rings is 3. The molecule has 0 spiro atoms. The molecule has 1 aliphatic heterocycles. The molecule has 1 saturated heterocycles. The first-order valence-corrected chi connectivity index (χ1v) is 11.4. The molecule has 3 N–H and O–H groups in total. The molecule has 1 heterocycles. The van der Waals surface area contributed by atoms with Crippen LogP contribution >= 0.6 is 0 Å². The van der Waals surface area contributed by atoms with E-state index in [1.807, 2.05) is 0 Å². The Hall–Kier alpha value is -6.93. The zero-order valence-corrected chi connectivity index (χ0v) is 21.0. The van der Waals surface area contributed by atoms with Crippen molar-refractivity contribution < 1.29 is 29.4 Å². The van der Waals surface area contributed by atoms with Gasteiger partial charge in [-0.3, -0.25) is 66.8 Å². The average Bonchev–Trinajstić information content (AvgIpc) is 3.29. The van der Waals surface area contributed by atoms with Gasteiger partial charge in [0, 0.05) is 24.3 Å². The number of rotatable bonds is 10. The minimum atomic E-state index is -1.27. The smallest absolute Gasteiger partial charge is 0.301 e. The quantitative estimate of drug-likeness (QED) is 0.219. The van der Waals surface area contributed by atoms with Crippen LogP contribution in [0.25, 0.3) is 0 Å². The second kappa shape index (κ2) is 11.7. The van der Waals surface area contributed by atoms with Gasteiger partial charge >= 0.3 is 11.4 Å². The molecule has 0 aliphatic carbocycles. The van der Waals surface area contributed by atoms with Crippen molar-refractivity contribution in [1.29, 1.82) is 5.41 Å². The first-order valence-electron chi connectivity index (χ1n) is 11.4. The molecule has 0 saturated carbocycles. The molecule has 1 atom stereocenters. The van der Waals surface area contributed by atoms with Gasteiger partial charge in [-0.25, -0.2) is 0 Å². The van der Waals surface area contributed by atoms with E-state index in [1.165, 1.54) is 12.1 Å². The van der Waals surface area contributed by atoms with E-state index >= 15 is 0 Å². The predicted octanol–water partition coefficient (Wildman–Crippen LogP) is 4.21. The third kappa shape index (κ3) is 6.13. The fraction of sp³-hybridized carbons (Fsp3) is 0.0455. The minimum Gasteiger partial charge on any atom is -0.461 e. The van der Waals surface area contributed by atoms with E-state index in [1.54, 1.807) is 0 Å². The molecule has 0 aromatic heterocycles. The van der Waals surface area contributed by atoms with Crippen molar-refractivity contribution in [1.82, 2.24) is 0 Å². The first kappa shape index (κ1) is 29.1. The Morgan fingerprint density at radius 2 is 1.07 bits per heavy atom. The Morgan fingerprint density at radius 3 is 1.51 bits per heavy atom. The van der Waals surface area contributed by atoms with E-state index in [4.69, 9.17) is 10.1 Å². The molecular formula is C22H14N10O11. The van der Waals surface area contributed by atoms with Crippen molar-refractivity contribution in [3.05, 3.63) is 117 Å². The highest BCUT2D eigenvalue weighted by Gasteiger charge is 2.38. The molecule has 1 unspecified atom stereocenters. The number of hydrogen-bond acceptors (Lipinski definition) is 16. The van der Waals surface area contributed by atoms with Crippen molar-refractivity contribution in [2.75, 3.05) is 10.9 Å². The number of anilines is 2. The number of nitrogens with zero attached hydrogens (tertiary/aromatic N) is 7. The highest BCUT2D eigenvalue weighted by atomic mass is 16.6. The molecule has 21 nitrogen and oxygen atoms in total. The summed E-state index contributed by atoms with van der Waals surface area (Å²) in [5, 5.41) is 72.5. The molecule has 0 bridgehead atoms. The van der Waals surface area contributed by atoms with Crippen molar-refractivity contribution in [2.24, 2.45) is 10.2 Å². The summed E-state index contributed by atoms with van der Waals surface area (Å²) in [5.74, 6) is -0.640. The Labute approximate surface area is 236 Å². The van der Waals surface area contributed by atoms with Gasteiger partial charge in [0.1, 0.15) is 17.1 Å². The highest BCUT2D eigenvalue weighted by Crippen LogP contribution is 2.33. The average molecular weight is 594 g/mol. The summed E-state index contributed by atoms with van der Waals surface area (Å²) in [4.78, 5) is 52.1. The van der Waals surface area contributed by atoms with E-state index < -0.39 is 59.4 Å². The van der Waals surface area contributed by atoms with Crippen LogP contribution < -0.4 is 10.9 Å². The molecule has 21 heteroatoms. The van der Waals surface area contributed by atoms with Crippen LogP contribution in [0.5, 0.6) is 0 Å². The Morgan fingerprint density at radius 1 is 0.628 bits per heavy atom. The van der Waals surface area contributed by atoms with E-state index in [2.05, 4.69) is 21.1 Å². The lowest BCUT2D eigenvalue weighted by molar-refractivity contribution is -0.393. The Bertz CT molecular complexity index is 1770. The van der Waals surface area contributed by atoms with Crippen LogP contribution in [0.3, 0.4) is 0 Å². The van der Waals surface area contributed by atoms with Crippen LogP contribution in [0, 0.1) is 56.0 Å². The van der Waals surface area contributed by atoms with Crippen LogP contribution in [0.4, 0.5) is 39.8 Å². The van der Waals surface area contributed by atoms with Gasteiger partial charge in [0.25, 0.3) is 17.1 Å². The molecule has 0 amide bonds. The maximum Gasteiger partial charge on any atom is 0.301 e. The van der Waals surface area contributed by atoms with Gasteiger partial charge in [-0.05, 0) is 29.8 Å². The summed E-state index contributed by atoms with van der Waals surface area (Å²) in [7, 11) is 0. The lowest BCUT2D eigenvalue weighted by Gasteiger charge is -2.11. The highest BCUT2D eigenvalue weighted by molar-refractivity contribution is 6.69. The molecule has 0 radical (unpaired) electrons. The van der Waals surface area contributed by atoms with E-state index in [9.17, 15) is 50.6 Å². The predicted molar refractivity (Wildman–Crippen MR) is 146 cm³/mol. The summed E-state index contributed by atoms with van der Waals surface area (Å²) in [6.07, 6.45) is -1.27. The fourth-order valence-electron chi connectivity index (χ4n) is 3.68. The normalized spacial score (nSPS) is 16.0. The molecule has 43 heavy (non-hydrogen) atoms. The fourth-order valence-corrected chi connectivity index (χ4v) is 3.68. The second-order valence-electron chi connectivity index (χ2n) is 8.29. The number of nitrogens with one attached hydrogen (secondary N) is 3. The van der Waals surface area contributed by atoms with Crippen molar-refractivity contribution >= 4 is 57.1 Å². The van der Waals surface area contributed by atoms with Crippen LogP contribution in [0.2, 0.25) is 0 Å². The van der Waals surface area contributed by atoms with Crippen molar-refractivity contribution in [2.45, 2.75) is 6.10 Å². The zero-order chi connectivity index (χ0) is 31.4. The number of non-ortho nitro benzene ring substituents is 3. The lowest BCUT2D eigenvalue weighted by Crippen LogP contribution is -2.20. The van der Waals surface area contributed by atoms with E-state index in [0.717, 1.165) is 36.4 Å². The second-order valence-corrected chi connectivity index (χ2v) is 8.29. The van der Waals surface area contributed by atoms with Crippen molar-refractivity contribution in [3.63, 3.8) is 0 Å². The van der Waals surface area contributed by atoms with Gasteiger partial charge in [0.15, 0.2) is 11.8 Å². The summed E-state index contributed by atoms with van der Waals surface area (Å²) in [6, 6.07) is 10.2. The molecule has 3 aromatic carbocycles. The maximum absolute atomic E-state index is 11.5. The van der Waals surface area contributed by atoms with E-state index in [-0.39, 0.29) is 34.0 Å².